The average molecular weight is 234 g/mol. The molecule has 1 aliphatic heterocycles. The van der Waals surface area contributed by atoms with E-state index in [0.29, 0.717) is 5.56 Å². The first kappa shape index (κ1) is 12.1. The zero-order valence-corrected chi connectivity index (χ0v) is 9.85. The van der Waals surface area contributed by atoms with Gasteiger partial charge >= 0.3 is 5.97 Å². The van der Waals surface area contributed by atoms with Gasteiger partial charge < -0.3 is 10.4 Å². The number of aromatic carboxylic acids is 1. The normalized spacial score (nSPS) is 17.6. The maximum atomic E-state index is 10.7. The summed E-state index contributed by atoms with van der Waals surface area (Å²) in [5.41, 5.74) is 1.53. The number of rotatable bonds is 3. The minimum absolute atomic E-state index is 0.353. The summed E-state index contributed by atoms with van der Waals surface area (Å²) in [5, 5.41) is 12.2. The molecule has 92 valence electrons. The summed E-state index contributed by atoms with van der Waals surface area (Å²) in [6.07, 6.45) is 1.17. The molecule has 0 atom stereocenters. The number of carboxylic acids is 1. The summed E-state index contributed by atoms with van der Waals surface area (Å²) in [5.74, 6) is -0.865. The molecule has 17 heavy (non-hydrogen) atoms. The summed E-state index contributed by atoms with van der Waals surface area (Å²) in [6, 6.07) is 7.16. The molecule has 0 unspecified atom stereocenters. The van der Waals surface area contributed by atoms with Crippen LogP contribution < -0.4 is 5.32 Å². The number of carboxylic acid groups (broad SMARTS) is 1. The van der Waals surface area contributed by atoms with Crippen molar-refractivity contribution < 1.29 is 9.90 Å². The van der Waals surface area contributed by atoms with Gasteiger partial charge in [-0.2, -0.15) is 0 Å². The first-order valence-corrected chi connectivity index (χ1v) is 6.01. The Morgan fingerprint density at radius 2 is 2.00 bits per heavy atom. The van der Waals surface area contributed by atoms with Crippen LogP contribution in [-0.2, 0) is 6.54 Å². The van der Waals surface area contributed by atoms with Crippen LogP contribution in [0.1, 0.15) is 22.3 Å². The Bertz CT molecular complexity index is 368. The van der Waals surface area contributed by atoms with Crippen LogP contribution in [0.3, 0.4) is 0 Å². The number of hydrogen-bond acceptors (Lipinski definition) is 3. The van der Waals surface area contributed by atoms with E-state index in [1.54, 1.807) is 12.1 Å². The van der Waals surface area contributed by atoms with Gasteiger partial charge in [0.25, 0.3) is 0 Å². The number of nitrogens with zero attached hydrogens (tertiary/aromatic N) is 1. The Labute approximate surface area is 101 Å². The van der Waals surface area contributed by atoms with Crippen molar-refractivity contribution in [1.29, 1.82) is 0 Å². The summed E-state index contributed by atoms with van der Waals surface area (Å²) < 4.78 is 0. The topological polar surface area (TPSA) is 52.6 Å². The van der Waals surface area contributed by atoms with E-state index in [2.05, 4.69) is 10.2 Å². The van der Waals surface area contributed by atoms with Crippen molar-refractivity contribution in [2.75, 3.05) is 26.2 Å². The van der Waals surface area contributed by atoms with E-state index < -0.39 is 5.97 Å². The Morgan fingerprint density at radius 1 is 1.24 bits per heavy atom. The van der Waals surface area contributed by atoms with Crippen LogP contribution >= 0.6 is 0 Å². The molecule has 0 radical (unpaired) electrons. The number of carbonyl (C=O) groups is 1. The van der Waals surface area contributed by atoms with Crippen molar-refractivity contribution in [2.24, 2.45) is 0 Å². The molecule has 0 saturated carbocycles. The molecule has 0 aliphatic carbocycles. The van der Waals surface area contributed by atoms with Crippen molar-refractivity contribution >= 4 is 5.97 Å². The van der Waals surface area contributed by atoms with Gasteiger partial charge in [-0.3, -0.25) is 4.90 Å². The molecular weight excluding hydrogens is 216 g/mol. The average Bonchev–Trinajstić information content (AvgIpc) is 2.58. The van der Waals surface area contributed by atoms with Crippen molar-refractivity contribution in [1.82, 2.24) is 10.2 Å². The highest BCUT2D eigenvalue weighted by atomic mass is 16.4. The lowest BCUT2D eigenvalue weighted by atomic mass is 10.1. The predicted octanol–water partition coefficient (Wildman–Crippen LogP) is 1.18. The molecule has 1 heterocycles. The van der Waals surface area contributed by atoms with Gasteiger partial charge in [-0.25, -0.2) is 4.79 Å². The van der Waals surface area contributed by atoms with Crippen LogP contribution in [0.15, 0.2) is 24.3 Å². The van der Waals surface area contributed by atoms with E-state index in [1.807, 2.05) is 12.1 Å². The Kier molecular flexibility index (Phi) is 4.12. The Hall–Kier alpha value is -1.39. The molecule has 1 saturated heterocycles. The molecule has 0 bridgehead atoms. The molecule has 4 nitrogen and oxygen atoms in total. The minimum atomic E-state index is -0.865. The second kappa shape index (κ2) is 5.80. The van der Waals surface area contributed by atoms with Crippen molar-refractivity contribution in [3.05, 3.63) is 35.4 Å². The van der Waals surface area contributed by atoms with Crippen LogP contribution in [-0.4, -0.2) is 42.2 Å². The summed E-state index contributed by atoms with van der Waals surface area (Å²) >= 11 is 0. The van der Waals surface area contributed by atoms with Gasteiger partial charge in [0.15, 0.2) is 0 Å². The highest BCUT2D eigenvalue weighted by molar-refractivity contribution is 5.87. The van der Waals surface area contributed by atoms with Crippen LogP contribution in [0.5, 0.6) is 0 Å². The number of benzene rings is 1. The Morgan fingerprint density at radius 3 is 2.71 bits per heavy atom. The van der Waals surface area contributed by atoms with Gasteiger partial charge in [0.1, 0.15) is 0 Å². The number of nitrogens with one attached hydrogen (secondary N) is 1. The quantitative estimate of drug-likeness (QED) is 0.824. The highest BCUT2D eigenvalue weighted by Crippen LogP contribution is 2.08. The maximum Gasteiger partial charge on any atom is 0.335 e. The zero-order chi connectivity index (χ0) is 12.1. The fourth-order valence-electron chi connectivity index (χ4n) is 2.07. The first-order chi connectivity index (χ1) is 8.25. The fraction of sp³-hybridized carbons (Fsp3) is 0.462. The third-order valence-electron chi connectivity index (χ3n) is 3.04. The molecule has 0 aromatic heterocycles. The fourth-order valence-corrected chi connectivity index (χ4v) is 2.07. The third-order valence-corrected chi connectivity index (χ3v) is 3.04. The monoisotopic (exact) mass is 234 g/mol. The lowest BCUT2D eigenvalue weighted by molar-refractivity contribution is 0.0697. The van der Waals surface area contributed by atoms with Crippen molar-refractivity contribution in [2.45, 2.75) is 13.0 Å². The van der Waals surface area contributed by atoms with Gasteiger partial charge in [0.2, 0.25) is 0 Å². The summed E-state index contributed by atoms with van der Waals surface area (Å²) in [4.78, 5) is 13.1. The molecule has 1 fully saturated rings. The lowest BCUT2D eigenvalue weighted by Crippen LogP contribution is -2.27. The molecule has 0 amide bonds. The standard InChI is InChI=1S/C13H18N2O2/c16-13(17)12-4-2-11(3-5-12)10-15-8-1-6-14-7-9-15/h2-5,14H,1,6-10H2,(H,16,17). The van der Waals surface area contributed by atoms with E-state index in [1.165, 1.54) is 12.0 Å². The van der Waals surface area contributed by atoms with Crippen LogP contribution in [0, 0.1) is 0 Å². The minimum Gasteiger partial charge on any atom is -0.478 e. The van der Waals surface area contributed by atoms with E-state index in [9.17, 15) is 4.79 Å². The first-order valence-electron chi connectivity index (χ1n) is 6.01. The Balaban J connectivity index is 1.95. The molecule has 2 rings (SSSR count). The molecule has 1 aromatic rings. The van der Waals surface area contributed by atoms with Gasteiger partial charge in [0, 0.05) is 19.6 Å². The van der Waals surface area contributed by atoms with Gasteiger partial charge in [-0.1, -0.05) is 12.1 Å². The van der Waals surface area contributed by atoms with Gasteiger partial charge in [0.05, 0.1) is 5.56 Å². The summed E-state index contributed by atoms with van der Waals surface area (Å²) in [6.45, 7) is 5.19. The van der Waals surface area contributed by atoms with E-state index >= 15 is 0 Å². The van der Waals surface area contributed by atoms with Crippen LogP contribution in [0.2, 0.25) is 0 Å². The van der Waals surface area contributed by atoms with Crippen LogP contribution in [0.4, 0.5) is 0 Å². The summed E-state index contributed by atoms with van der Waals surface area (Å²) in [7, 11) is 0. The smallest absolute Gasteiger partial charge is 0.335 e. The highest BCUT2D eigenvalue weighted by Gasteiger charge is 2.09. The second-order valence-corrected chi connectivity index (χ2v) is 4.38. The van der Waals surface area contributed by atoms with E-state index in [4.69, 9.17) is 5.11 Å². The van der Waals surface area contributed by atoms with Crippen molar-refractivity contribution in [3.63, 3.8) is 0 Å². The van der Waals surface area contributed by atoms with E-state index in [-0.39, 0.29) is 0 Å². The molecule has 4 heteroatoms. The van der Waals surface area contributed by atoms with Crippen LogP contribution in [0.25, 0.3) is 0 Å². The lowest BCUT2D eigenvalue weighted by Gasteiger charge is -2.19. The molecular formula is C13H18N2O2. The largest absolute Gasteiger partial charge is 0.478 e. The van der Waals surface area contributed by atoms with Gasteiger partial charge in [-0.05, 0) is 37.2 Å². The molecule has 2 N–H and O–H groups in total. The van der Waals surface area contributed by atoms with Crippen molar-refractivity contribution in [3.8, 4) is 0 Å². The van der Waals surface area contributed by atoms with Gasteiger partial charge in [-0.15, -0.1) is 0 Å². The SMILES string of the molecule is O=C(O)c1ccc(CN2CCCNCC2)cc1. The molecule has 1 aliphatic rings. The number of hydrogen-bond donors (Lipinski definition) is 2. The molecule has 0 spiro atoms. The van der Waals surface area contributed by atoms with E-state index in [0.717, 1.165) is 32.7 Å². The zero-order valence-electron chi connectivity index (χ0n) is 9.85. The third kappa shape index (κ3) is 3.54. The molecule has 1 aromatic carbocycles. The second-order valence-electron chi connectivity index (χ2n) is 4.38. The predicted molar refractivity (Wildman–Crippen MR) is 66.2 cm³/mol. The maximum absolute atomic E-state index is 10.7.